The molecule has 0 aromatic carbocycles. The van der Waals surface area contributed by atoms with E-state index < -0.39 is 0 Å². The third-order valence-electron chi connectivity index (χ3n) is 3.57. The molecule has 0 spiro atoms. The second-order valence-electron chi connectivity index (χ2n) is 5.37. The summed E-state index contributed by atoms with van der Waals surface area (Å²) < 4.78 is 0. The Balaban J connectivity index is 2.21. The molecule has 7 heteroatoms. The van der Waals surface area contributed by atoms with Gasteiger partial charge in [-0.2, -0.15) is 0 Å². The fourth-order valence-electron chi connectivity index (χ4n) is 2.40. The van der Waals surface area contributed by atoms with E-state index in [-0.39, 0.29) is 18.0 Å². The van der Waals surface area contributed by atoms with Crippen molar-refractivity contribution < 1.29 is 9.59 Å². The van der Waals surface area contributed by atoms with E-state index in [2.05, 4.69) is 39.0 Å². The maximum Gasteiger partial charge on any atom is 0.315 e. The predicted molar refractivity (Wildman–Crippen MR) is 92.3 cm³/mol. The quantitative estimate of drug-likeness (QED) is 0.371. The molecule has 0 aromatic heterocycles. The fraction of sp³-hybridized carbons (Fsp3) is 0.562. The smallest absolute Gasteiger partial charge is 0.315 e. The van der Waals surface area contributed by atoms with Gasteiger partial charge in [-0.05, 0) is 25.3 Å². The maximum atomic E-state index is 11.8. The van der Waals surface area contributed by atoms with E-state index >= 15 is 0 Å². The second kappa shape index (κ2) is 10.4. The van der Waals surface area contributed by atoms with Gasteiger partial charge >= 0.3 is 6.03 Å². The summed E-state index contributed by atoms with van der Waals surface area (Å²) in [4.78, 5) is 28.8. The molecule has 3 N–H and O–H groups in total. The fourth-order valence-corrected chi connectivity index (χ4v) is 2.40. The minimum atomic E-state index is -0.157. The highest BCUT2D eigenvalue weighted by molar-refractivity contribution is 5.93. The summed E-state index contributed by atoms with van der Waals surface area (Å²) in [5.41, 5.74) is 0. The van der Waals surface area contributed by atoms with Crippen LogP contribution < -0.4 is 16.0 Å². The SMILES string of the molecule is C=C/N=C(\C=C)N1CCC(NC(=O)NCCCNC(C)=O)CC1. The number of hydrogen-bond donors (Lipinski definition) is 3. The summed E-state index contributed by atoms with van der Waals surface area (Å²) in [6.45, 7) is 11.6. The van der Waals surface area contributed by atoms with Gasteiger partial charge in [0.05, 0.1) is 0 Å². The molecular formula is C16H27N5O2. The number of carbonyl (C=O) groups excluding carboxylic acids is 2. The van der Waals surface area contributed by atoms with Gasteiger partial charge in [-0.3, -0.25) is 4.79 Å². The van der Waals surface area contributed by atoms with Gasteiger partial charge in [0.1, 0.15) is 5.84 Å². The van der Waals surface area contributed by atoms with Crippen LogP contribution in [0.4, 0.5) is 4.79 Å². The van der Waals surface area contributed by atoms with Crippen molar-refractivity contribution in [1.82, 2.24) is 20.9 Å². The van der Waals surface area contributed by atoms with Crippen LogP contribution in [0.2, 0.25) is 0 Å². The second-order valence-corrected chi connectivity index (χ2v) is 5.37. The number of piperidine rings is 1. The van der Waals surface area contributed by atoms with Crippen LogP contribution in [0.1, 0.15) is 26.2 Å². The van der Waals surface area contributed by atoms with E-state index in [1.54, 1.807) is 6.08 Å². The number of aliphatic imine (C=N–C) groups is 1. The van der Waals surface area contributed by atoms with Crippen molar-refractivity contribution in [3.05, 3.63) is 25.4 Å². The van der Waals surface area contributed by atoms with Crippen LogP contribution in [0.15, 0.2) is 30.4 Å². The molecule has 7 nitrogen and oxygen atoms in total. The highest BCUT2D eigenvalue weighted by atomic mass is 16.2. The van der Waals surface area contributed by atoms with Crippen LogP contribution in [-0.2, 0) is 4.79 Å². The number of nitrogens with one attached hydrogen (secondary N) is 3. The lowest BCUT2D eigenvalue weighted by Crippen LogP contribution is -2.49. The van der Waals surface area contributed by atoms with Crippen molar-refractivity contribution in [3.8, 4) is 0 Å². The van der Waals surface area contributed by atoms with Crippen molar-refractivity contribution in [2.45, 2.75) is 32.2 Å². The van der Waals surface area contributed by atoms with Gasteiger partial charge in [-0.1, -0.05) is 13.2 Å². The Bertz CT molecular complexity index is 453. The number of nitrogens with zero attached hydrogens (tertiary/aromatic N) is 2. The zero-order chi connectivity index (χ0) is 17.1. The lowest BCUT2D eigenvalue weighted by atomic mass is 10.1. The van der Waals surface area contributed by atoms with Crippen molar-refractivity contribution >= 4 is 17.8 Å². The average Bonchev–Trinajstić information content (AvgIpc) is 2.53. The lowest BCUT2D eigenvalue weighted by molar-refractivity contribution is -0.118. The van der Waals surface area contributed by atoms with Crippen molar-refractivity contribution in [1.29, 1.82) is 0 Å². The zero-order valence-corrected chi connectivity index (χ0v) is 13.8. The topological polar surface area (TPSA) is 85.8 Å². The van der Waals surface area contributed by atoms with Crippen molar-refractivity contribution in [2.24, 2.45) is 4.99 Å². The maximum absolute atomic E-state index is 11.8. The number of urea groups is 1. The Labute approximate surface area is 137 Å². The average molecular weight is 321 g/mol. The molecule has 0 unspecified atom stereocenters. The largest absolute Gasteiger partial charge is 0.356 e. The highest BCUT2D eigenvalue weighted by Crippen LogP contribution is 2.11. The molecule has 1 saturated heterocycles. The molecule has 1 fully saturated rings. The third kappa shape index (κ3) is 7.49. The van der Waals surface area contributed by atoms with Gasteiger partial charge in [-0.25, -0.2) is 9.79 Å². The molecule has 3 amide bonds. The van der Waals surface area contributed by atoms with E-state index in [4.69, 9.17) is 0 Å². The van der Waals surface area contributed by atoms with Crippen molar-refractivity contribution in [3.63, 3.8) is 0 Å². The number of carbonyl (C=O) groups is 2. The first-order valence-corrected chi connectivity index (χ1v) is 7.91. The Hall–Kier alpha value is -2.31. The summed E-state index contributed by atoms with van der Waals surface area (Å²) in [6, 6.07) is 0.00590. The molecule has 0 atom stereocenters. The highest BCUT2D eigenvalue weighted by Gasteiger charge is 2.21. The summed E-state index contributed by atoms with van der Waals surface area (Å²) in [5, 5.41) is 8.47. The Morgan fingerprint density at radius 3 is 2.43 bits per heavy atom. The van der Waals surface area contributed by atoms with Crippen LogP contribution >= 0.6 is 0 Å². The van der Waals surface area contributed by atoms with Crippen LogP contribution in [0.25, 0.3) is 0 Å². The Morgan fingerprint density at radius 1 is 1.22 bits per heavy atom. The Kier molecular flexibility index (Phi) is 8.49. The van der Waals surface area contributed by atoms with E-state index in [9.17, 15) is 9.59 Å². The summed E-state index contributed by atoms with van der Waals surface area (Å²) in [7, 11) is 0. The molecule has 1 rings (SSSR count). The number of likely N-dealkylation sites (tertiary alicyclic amines) is 1. The summed E-state index contributed by atoms with van der Waals surface area (Å²) in [6.07, 6.45) is 5.67. The minimum Gasteiger partial charge on any atom is -0.356 e. The van der Waals surface area contributed by atoms with Crippen LogP contribution in [0.3, 0.4) is 0 Å². The molecule has 0 aromatic rings. The van der Waals surface area contributed by atoms with Crippen LogP contribution in [-0.4, -0.2) is 54.9 Å². The monoisotopic (exact) mass is 321 g/mol. The predicted octanol–water partition coefficient (Wildman–Crippen LogP) is 1.00. The van der Waals surface area contributed by atoms with Gasteiger partial charge < -0.3 is 20.9 Å². The lowest BCUT2D eigenvalue weighted by Gasteiger charge is -2.33. The molecular weight excluding hydrogens is 294 g/mol. The van der Waals surface area contributed by atoms with Crippen LogP contribution in [0, 0.1) is 0 Å². The molecule has 128 valence electrons. The van der Waals surface area contributed by atoms with Gasteiger partial charge in [0.15, 0.2) is 0 Å². The van der Waals surface area contributed by atoms with Crippen LogP contribution in [0.5, 0.6) is 0 Å². The molecule has 0 saturated carbocycles. The molecule has 1 aliphatic heterocycles. The molecule has 0 bridgehead atoms. The van der Waals surface area contributed by atoms with Crippen molar-refractivity contribution in [2.75, 3.05) is 26.2 Å². The zero-order valence-electron chi connectivity index (χ0n) is 13.8. The van der Waals surface area contributed by atoms with E-state index in [0.29, 0.717) is 19.5 Å². The molecule has 1 aliphatic rings. The van der Waals surface area contributed by atoms with E-state index in [1.165, 1.54) is 13.1 Å². The van der Waals surface area contributed by atoms with E-state index in [1.807, 2.05) is 0 Å². The number of amidine groups is 1. The first-order chi connectivity index (χ1) is 11.1. The van der Waals surface area contributed by atoms with Gasteiger partial charge in [0.2, 0.25) is 5.91 Å². The minimum absolute atomic E-state index is 0.0555. The standard InChI is InChI=1S/C16H27N5O2/c1-4-15(17-5-2)21-11-7-14(8-12-21)20-16(23)19-10-6-9-18-13(3)22/h4-5,14H,1-2,6-12H2,3H3,(H,18,22)(H2,19,20,23)/b17-15+. The van der Waals surface area contributed by atoms with Gasteiger partial charge in [0.25, 0.3) is 0 Å². The molecule has 23 heavy (non-hydrogen) atoms. The first kappa shape index (κ1) is 18.7. The Morgan fingerprint density at radius 2 is 1.87 bits per heavy atom. The van der Waals surface area contributed by atoms with E-state index in [0.717, 1.165) is 31.8 Å². The third-order valence-corrected chi connectivity index (χ3v) is 3.57. The summed E-state index contributed by atoms with van der Waals surface area (Å²) in [5.74, 6) is 0.765. The van der Waals surface area contributed by atoms with Gasteiger partial charge in [0, 0.05) is 45.3 Å². The van der Waals surface area contributed by atoms with Gasteiger partial charge in [-0.15, -0.1) is 0 Å². The number of amides is 3. The normalized spacial score (nSPS) is 15.7. The first-order valence-electron chi connectivity index (χ1n) is 7.91. The number of rotatable bonds is 7. The number of hydrogen-bond acceptors (Lipinski definition) is 3. The molecule has 0 aliphatic carbocycles. The molecule has 1 heterocycles. The summed E-state index contributed by atoms with van der Waals surface area (Å²) >= 11 is 0. The molecule has 0 radical (unpaired) electrons.